The van der Waals surface area contributed by atoms with Crippen LogP contribution in [0, 0.1) is 5.82 Å². The minimum Gasteiger partial charge on any atom is -0.365 e. The standard InChI is InChI=1S/C15H10FN3O3S/c16-9-5-3-8(4-6-9)14(21)18-15-11(13(17)20)12(19-22-15)10-2-1-7-23-10/h1-7H,(H2,17,20)(H,18,21). The molecule has 0 spiro atoms. The van der Waals surface area contributed by atoms with Crippen LogP contribution in [0.3, 0.4) is 0 Å². The lowest BCUT2D eigenvalue weighted by molar-refractivity contribution is 0.100. The summed E-state index contributed by atoms with van der Waals surface area (Å²) in [5, 5.41) is 8.03. The first-order valence-electron chi connectivity index (χ1n) is 6.46. The number of nitrogens with two attached hydrogens (primary N) is 1. The van der Waals surface area contributed by atoms with Crippen LogP contribution in [-0.4, -0.2) is 17.0 Å². The predicted octanol–water partition coefficient (Wildman–Crippen LogP) is 2.89. The van der Waals surface area contributed by atoms with Crippen LogP contribution in [0.25, 0.3) is 10.6 Å². The van der Waals surface area contributed by atoms with E-state index in [1.165, 1.54) is 23.5 Å². The molecular formula is C15H10FN3O3S. The largest absolute Gasteiger partial charge is 0.365 e. The van der Waals surface area contributed by atoms with Crippen molar-refractivity contribution < 1.29 is 18.5 Å². The second kappa shape index (κ2) is 6.01. The number of primary amides is 1. The first-order chi connectivity index (χ1) is 11.1. The van der Waals surface area contributed by atoms with Crippen LogP contribution in [0.1, 0.15) is 20.7 Å². The maximum atomic E-state index is 12.9. The molecule has 8 heteroatoms. The molecule has 0 aliphatic heterocycles. The highest BCUT2D eigenvalue weighted by molar-refractivity contribution is 7.13. The molecule has 0 radical (unpaired) electrons. The number of thiophene rings is 1. The maximum Gasteiger partial charge on any atom is 0.258 e. The Bertz CT molecular complexity index is 857. The molecule has 0 saturated heterocycles. The maximum absolute atomic E-state index is 12.9. The molecular weight excluding hydrogens is 321 g/mol. The number of benzene rings is 1. The van der Waals surface area contributed by atoms with E-state index in [0.29, 0.717) is 4.88 Å². The first kappa shape index (κ1) is 14.9. The molecule has 23 heavy (non-hydrogen) atoms. The van der Waals surface area contributed by atoms with Crippen molar-refractivity contribution in [3.8, 4) is 10.6 Å². The van der Waals surface area contributed by atoms with Crippen LogP contribution in [-0.2, 0) is 0 Å². The van der Waals surface area contributed by atoms with E-state index >= 15 is 0 Å². The van der Waals surface area contributed by atoms with Gasteiger partial charge in [0.15, 0.2) is 0 Å². The van der Waals surface area contributed by atoms with Gasteiger partial charge in [-0.25, -0.2) is 4.39 Å². The number of rotatable bonds is 4. The zero-order valence-corrected chi connectivity index (χ0v) is 12.4. The van der Waals surface area contributed by atoms with Crippen molar-refractivity contribution in [3.05, 3.63) is 58.7 Å². The number of nitrogens with one attached hydrogen (secondary N) is 1. The Kier molecular flexibility index (Phi) is 3.90. The summed E-state index contributed by atoms with van der Waals surface area (Å²) in [6, 6.07) is 8.47. The molecule has 0 bridgehead atoms. The number of hydrogen-bond acceptors (Lipinski definition) is 5. The summed E-state index contributed by atoms with van der Waals surface area (Å²) in [6.07, 6.45) is 0. The molecule has 116 valence electrons. The Labute approximate surface area is 133 Å². The Morgan fingerprint density at radius 3 is 2.57 bits per heavy atom. The van der Waals surface area contributed by atoms with E-state index in [1.807, 2.05) is 5.38 Å². The first-order valence-corrected chi connectivity index (χ1v) is 7.34. The highest BCUT2D eigenvalue weighted by Gasteiger charge is 2.24. The fourth-order valence-corrected chi connectivity index (χ4v) is 2.67. The molecule has 6 nitrogen and oxygen atoms in total. The van der Waals surface area contributed by atoms with Crippen LogP contribution < -0.4 is 11.1 Å². The number of amides is 2. The number of hydrogen-bond donors (Lipinski definition) is 2. The van der Waals surface area contributed by atoms with Gasteiger partial charge in [-0.05, 0) is 35.7 Å². The number of carbonyl (C=O) groups is 2. The van der Waals surface area contributed by atoms with E-state index < -0.39 is 17.6 Å². The van der Waals surface area contributed by atoms with Crippen LogP contribution in [0.5, 0.6) is 0 Å². The second-order valence-electron chi connectivity index (χ2n) is 4.54. The van der Waals surface area contributed by atoms with E-state index in [4.69, 9.17) is 10.3 Å². The highest BCUT2D eigenvalue weighted by Crippen LogP contribution is 2.31. The van der Waals surface area contributed by atoms with Gasteiger partial charge in [0.05, 0.1) is 4.88 Å². The number of nitrogens with zero attached hydrogens (tertiary/aromatic N) is 1. The molecule has 2 heterocycles. The third-order valence-electron chi connectivity index (χ3n) is 3.03. The quantitative estimate of drug-likeness (QED) is 0.768. The van der Waals surface area contributed by atoms with Crippen LogP contribution in [0.15, 0.2) is 46.3 Å². The summed E-state index contributed by atoms with van der Waals surface area (Å²) in [5.74, 6) is -1.94. The van der Waals surface area contributed by atoms with Crippen molar-refractivity contribution in [1.29, 1.82) is 0 Å². The lowest BCUT2D eigenvalue weighted by atomic mass is 10.1. The molecule has 0 saturated carbocycles. The summed E-state index contributed by atoms with van der Waals surface area (Å²) >= 11 is 1.35. The zero-order chi connectivity index (χ0) is 16.4. The molecule has 0 fully saturated rings. The summed E-state index contributed by atoms with van der Waals surface area (Å²) < 4.78 is 17.9. The molecule has 3 rings (SSSR count). The van der Waals surface area contributed by atoms with Gasteiger partial charge in [-0.2, -0.15) is 0 Å². The summed E-state index contributed by atoms with van der Waals surface area (Å²) in [5.41, 5.74) is 5.82. The summed E-state index contributed by atoms with van der Waals surface area (Å²) in [7, 11) is 0. The fraction of sp³-hybridized carbons (Fsp3) is 0. The van der Waals surface area contributed by atoms with Gasteiger partial charge in [0.25, 0.3) is 11.8 Å². The average molecular weight is 331 g/mol. The molecule has 3 N–H and O–H groups in total. The van der Waals surface area contributed by atoms with Crippen molar-refractivity contribution in [1.82, 2.24) is 5.16 Å². The molecule has 2 amide bonds. The highest BCUT2D eigenvalue weighted by atomic mass is 32.1. The van der Waals surface area contributed by atoms with Crippen molar-refractivity contribution in [2.45, 2.75) is 0 Å². The third kappa shape index (κ3) is 2.97. The number of aromatic nitrogens is 1. The number of carbonyl (C=O) groups excluding carboxylic acids is 2. The van der Waals surface area contributed by atoms with Crippen LogP contribution in [0.4, 0.5) is 10.3 Å². The molecule has 0 aliphatic rings. The molecule has 2 aromatic heterocycles. The van der Waals surface area contributed by atoms with Gasteiger partial charge >= 0.3 is 0 Å². The minimum absolute atomic E-state index is 0.0112. The van der Waals surface area contributed by atoms with Gasteiger partial charge in [-0.15, -0.1) is 11.3 Å². The number of halogens is 1. The van der Waals surface area contributed by atoms with Crippen molar-refractivity contribution in [3.63, 3.8) is 0 Å². The van der Waals surface area contributed by atoms with Gasteiger partial charge in [0.2, 0.25) is 5.88 Å². The Hall–Kier alpha value is -3.00. The third-order valence-corrected chi connectivity index (χ3v) is 3.90. The normalized spacial score (nSPS) is 10.5. The van der Waals surface area contributed by atoms with E-state index in [-0.39, 0.29) is 22.7 Å². The van der Waals surface area contributed by atoms with Gasteiger partial charge in [-0.3, -0.25) is 14.9 Å². The summed E-state index contributed by atoms with van der Waals surface area (Å²) in [4.78, 5) is 24.5. The molecule has 1 aromatic carbocycles. The topological polar surface area (TPSA) is 98.2 Å². The average Bonchev–Trinajstić information content (AvgIpc) is 3.16. The monoisotopic (exact) mass is 331 g/mol. The Morgan fingerprint density at radius 1 is 1.22 bits per heavy atom. The van der Waals surface area contributed by atoms with E-state index in [2.05, 4.69) is 10.5 Å². The fourth-order valence-electron chi connectivity index (χ4n) is 1.96. The minimum atomic E-state index is -0.774. The van der Waals surface area contributed by atoms with Crippen molar-refractivity contribution in [2.75, 3.05) is 5.32 Å². The Morgan fingerprint density at radius 2 is 1.96 bits per heavy atom. The lowest BCUT2D eigenvalue weighted by Crippen LogP contribution is -2.17. The van der Waals surface area contributed by atoms with Gasteiger partial charge in [0.1, 0.15) is 17.1 Å². The van der Waals surface area contributed by atoms with Gasteiger partial charge in [0, 0.05) is 5.56 Å². The van der Waals surface area contributed by atoms with E-state index in [1.54, 1.807) is 12.1 Å². The smallest absolute Gasteiger partial charge is 0.258 e. The van der Waals surface area contributed by atoms with E-state index in [0.717, 1.165) is 12.1 Å². The molecule has 3 aromatic rings. The van der Waals surface area contributed by atoms with E-state index in [9.17, 15) is 14.0 Å². The van der Waals surface area contributed by atoms with Crippen molar-refractivity contribution in [2.24, 2.45) is 5.73 Å². The molecule has 0 aliphatic carbocycles. The predicted molar refractivity (Wildman–Crippen MR) is 82.7 cm³/mol. The SMILES string of the molecule is NC(=O)c1c(-c2cccs2)noc1NC(=O)c1ccc(F)cc1. The van der Waals surface area contributed by atoms with Gasteiger partial charge < -0.3 is 10.3 Å². The van der Waals surface area contributed by atoms with Crippen LogP contribution >= 0.6 is 11.3 Å². The molecule has 0 unspecified atom stereocenters. The number of anilines is 1. The van der Waals surface area contributed by atoms with Crippen molar-refractivity contribution >= 4 is 29.0 Å². The zero-order valence-electron chi connectivity index (χ0n) is 11.6. The second-order valence-corrected chi connectivity index (χ2v) is 5.49. The lowest BCUT2D eigenvalue weighted by Gasteiger charge is -2.03. The Balaban J connectivity index is 1.93. The van der Waals surface area contributed by atoms with Gasteiger partial charge in [-0.1, -0.05) is 11.2 Å². The molecule has 0 atom stereocenters. The van der Waals surface area contributed by atoms with Crippen LogP contribution in [0.2, 0.25) is 0 Å². The summed E-state index contributed by atoms with van der Waals surface area (Å²) in [6.45, 7) is 0.